The molecule has 0 radical (unpaired) electrons. The molecule has 122 valence electrons. The van der Waals surface area contributed by atoms with Crippen LogP contribution in [0.15, 0.2) is 4.34 Å². The topological polar surface area (TPSA) is 85.4 Å². The van der Waals surface area contributed by atoms with Crippen LogP contribution >= 0.6 is 23.1 Å². The number of urea groups is 1. The predicted molar refractivity (Wildman–Crippen MR) is 85.4 cm³/mol. The number of hydrogen-bond acceptors (Lipinski definition) is 7. The lowest BCUT2D eigenvalue weighted by Gasteiger charge is -2.22. The van der Waals surface area contributed by atoms with E-state index in [1.54, 1.807) is 0 Å². The van der Waals surface area contributed by atoms with Crippen LogP contribution in [0.2, 0.25) is 0 Å². The lowest BCUT2D eigenvalue weighted by molar-refractivity contribution is -0.0214. The fourth-order valence-electron chi connectivity index (χ4n) is 2.53. The van der Waals surface area contributed by atoms with E-state index in [4.69, 9.17) is 9.47 Å². The van der Waals surface area contributed by atoms with Crippen molar-refractivity contribution in [1.82, 2.24) is 15.5 Å². The van der Waals surface area contributed by atoms with Crippen molar-refractivity contribution in [2.45, 2.75) is 48.8 Å². The van der Waals surface area contributed by atoms with E-state index < -0.39 is 0 Å². The van der Waals surface area contributed by atoms with Crippen molar-refractivity contribution in [3.05, 3.63) is 0 Å². The first-order chi connectivity index (χ1) is 10.8. The monoisotopic (exact) mass is 344 g/mol. The van der Waals surface area contributed by atoms with Crippen LogP contribution in [-0.2, 0) is 9.47 Å². The second-order valence-corrected chi connectivity index (χ2v) is 7.53. The van der Waals surface area contributed by atoms with Gasteiger partial charge in [0.1, 0.15) is 0 Å². The minimum absolute atomic E-state index is 0.167. The summed E-state index contributed by atoms with van der Waals surface area (Å²) in [5.74, 6) is 0.683. The minimum atomic E-state index is -0.193. The second kappa shape index (κ2) is 8.09. The number of carbonyl (C=O) groups is 1. The van der Waals surface area contributed by atoms with Crippen molar-refractivity contribution in [2.24, 2.45) is 0 Å². The Morgan fingerprint density at radius 3 is 2.77 bits per heavy atom. The Bertz CT molecular complexity index is 487. The molecule has 22 heavy (non-hydrogen) atoms. The summed E-state index contributed by atoms with van der Waals surface area (Å²) in [5, 5.41) is 14.3. The van der Waals surface area contributed by atoms with Gasteiger partial charge in [-0.3, -0.25) is 5.32 Å². The largest absolute Gasteiger partial charge is 0.349 e. The van der Waals surface area contributed by atoms with E-state index in [1.807, 2.05) is 0 Å². The highest BCUT2D eigenvalue weighted by Gasteiger charge is 2.19. The molecule has 0 spiro atoms. The number of hydrogen-bond donors (Lipinski definition) is 2. The van der Waals surface area contributed by atoms with E-state index in [0.717, 1.165) is 17.2 Å². The Morgan fingerprint density at radius 2 is 2.00 bits per heavy atom. The molecule has 2 N–H and O–H groups in total. The van der Waals surface area contributed by atoms with Gasteiger partial charge >= 0.3 is 6.03 Å². The second-order valence-electron chi connectivity index (χ2n) is 5.29. The first-order valence-corrected chi connectivity index (χ1v) is 9.37. The number of ether oxygens (including phenoxy) is 2. The zero-order valence-corrected chi connectivity index (χ0v) is 13.9. The van der Waals surface area contributed by atoms with Crippen LogP contribution in [0.25, 0.3) is 0 Å². The lowest BCUT2D eigenvalue weighted by atomic mass is 9.96. The van der Waals surface area contributed by atoms with Gasteiger partial charge in [-0.2, -0.15) is 0 Å². The van der Waals surface area contributed by atoms with Gasteiger partial charge in [0, 0.05) is 6.04 Å². The van der Waals surface area contributed by atoms with Gasteiger partial charge in [0.2, 0.25) is 5.13 Å². The van der Waals surface area contributed by atoms with E-state index in [9.17, 15) is 4.79 Å². The van der Waals surface area contributed by atoms with Crippen molar-refractivity contribution >= 4 is 34.3 Å². The highest BCUT2D eigenvalue weighted by Crippen LogP contribution is 2.27. The summed E-state index contributed by atoms with van der Waals surface area (Å²) in [5.41, 5.74) is 0. The van der Waals surface area contributed by atoms with Crippen molar-refractivity contribution in [3.63, 3.8) is 0 Å². The van der Waals surface area contributed by atoms with Gasteiger partial charge in [-0.25, -0.2) is 4.79 Å². The average Bonchev–Trinajstić information content (AvgIpc) is 3.17. The molecular weight excluding hydrogens is 324 g/mol. The summed E-state index contributed by atoms with van der Waals surface area (Å²) in [4.78, 5) is 11.9. The maximum absolute atomic E-state index is 11.9. The van der Waals surface area contributed by atoms with Gasteiger partial charge < -0.3 is 14.8 Å². The number of amides is 2. The number of nitrogens with one attached hydrogen (secondary N) is 2. The van der Waals surface area contributed by atoms with Crippen LogP contribution in [-0.4, -0.2) is 47.5 Å². The molecule has 0 aromatic carbocycles. The molecule has 2 aliphatic rings. The Hall–Kier alpha value is -0.900. The summed E-state index contributed by atoms with van der Waals surface area (Å²) in [7, 11) is 0. The average molecular weight is 344 g/mol. The number of carbonyl (C=O) groups excluding carboxylic acids is 1. The smallest absolute Gasteiger partial charge is 0.321 e. The van der Waals surface area contributed by atoms with Gasteiger partial charge in [0.05, 0.1) is 19.0 Å². The molecule has 1 saturated carbocycles. The van der Waals surface area contributed by atoms with E-state index in [0.29, 0.717) is 24.1 Å². The Labute approximate surface area is 137 Å². The molecule has 2 heterocycles. The molecule has 2 amide bonds. The molecule has 3 rings (SSSR count). The Morgan fingerprint density at radius 1 is 1.23 bits per heavy atom. The summed E-state index contributed by atoms with van der Waals surface area (Å²) in [6, 6.07) is 0.0919. The third-order valence-corrected chi connectivity index (χ3v) is 5.61. The third kappa shape index (κ3) is 4.80. The highest BCUT2D eigenvalue weighted by atomic mass is 32.2. The highest BCUT2D eigenvalue weighted by molar-refractivity contribution is 8.01. The maximum atomic E-state index is 11.9. The molecule has 7 nitrogen and oxygen atoms in total. The lowest BCUT2D eigenvalue weighted by Crippen LogP contribution is -2.38. The molecule has 1 aliphatic heterocycles. The van der Waals surface area contributed by atoms with Crippen molar-refractivity contribution in [1.29, 1.82) is 0 Å². The quantitative estimate of drug-likeness (QED) is 0.630. The molecule has 1 aliphatic carbocycles. The number of rotatable bonds is 5. The Kier molecular flexibility index (Phi) is 5.88. The molecule has 1 aromatic heterocycles. The van der Waals surface area contributed by atoms with Gasteiger partial charge in [-0.05, 0) is 12.8 Å². The van der Waals surface area contributed by atoms with Crippen LogP contribution < -0.4 is 10.6 Å². The predicted octanol–water partition coefficient (Wildman–Crippen LogP) is 2.46. The fraction of sp³-hybridized carbons (Fsp3) is 0.769. The molecule has 0 unspecified atom stereocenters. The number of aromatic nitrogens is 2. The van der Waals surface area contributed by atoms with Crippen LogP contribution in [0, 0.1) is 0 Å². The third-order valence-electron chi connectivity index (χ3n) is 3.60. The van der Waals surface area contributed by atoms with Gasteiger partial charge in [0.25, 0.3) is 0 Å². The minimum Gasteiger partial charge on any atom is -0.349 e. The first kappa shape index (κ1) is 16.0. The molecule has 2 fully saturated rings. The zero-order chi connectivity index (χ0) is 15.2. The summed E-state index contributed by atoms with van der Waals surface area (Å²) >= 11 is 2.89. The summed E-state index contributed by atoms with van der Waals surface area (Å²) in [6.45, 7) is 1.30. The molecule has 0 bridgehead atoms. The van der Waals surface area contributed by atoms with Gasteiger partial charge in [-0.15, -0.1) is 10.2 Å². The van der Waals surface area contributed by atoms with Crippen LogP contribution in [0.5, 0.6) is 0 Å². The summed E-state index contributed by atoms with van der Waals surface area (Å²) in [6.07, 6.45) is 5.61. The van der Waals surface area contributed by atoms with Crippen molar-refractivity contribution in [3.8, 4) is 0 Å². The first-order valence-electron chi connectivity index (χ1n) is 7.56. The molecule has 0 atom stereocenters. The van der Waals surface area contributed by atoms with Crippen LogP contribution in [0.4, 0.5) is 9.93 Å². The number of nitrogens with zero attached hydrogens (tertiary/aromatic N) is 2. The zero-order valence-electron chi connectivity index (χ0n) is 12.2. The van der Waals surface area contributed by atoms with Crippen molar-refractivity contribution in [2.75, 3.05) is 24.3 Å². The normalized spacial score (nSPS) is 20.2. The molecule has 9 heteroatoms. The van der Waals surface area contributed by atoms with E-state index >= 15 is 0 Å². The number of anilines is 1. The maximum Gasteiger partial charge on any atom is 0.321 e. The van der Waals surface area contributed by atoms with E-state index in [-0.39, 0.29) is 18.4 Å². The van der Waals surface area contributed by atoms with Gasteiger partial charge in [-0.1, -0.05) is 42.4 Å². The molecule has 1 aromatic rings. The SMILES string of the molecule is O=C(Nc1nnc(SCC2OCCO2)s1)NC1CCCCC1. The van der Waals surface area contributed by atoms with Crippen LogP contribution in [0.1, 0.15) is 32.1 Å². The van der Waals surface area contributed by atoms with Crippen molar-refractivity contribution < 1.29 is 14.3 Å². The van der Waals surface area contributed by atoms with E-state index in [2.05, 4.69) is 20.8 Å². The standard InChI is InChI=1S/C13H20N4O3S2/c18-11(14-9-4-2-1-3-5-9)15-12-16-17-13(22-12)21-8-10-19-6-7-20-10/h9-10H,1-8H2,(H2,14,15,16,18). The van der Waals surface area contributed by atoms with Crippen LogP contribution in [0.3, 0.4) is 0 Å². The Balaban J connectivity index is 1.41. The van der Waals surface area contributed by atoms with E-state index in [1.165, 1.54) is 42.4 Å². The fourth-order valence-corrected chi connectivity index (χ4v) is 4.25. The summed E-state index contributed by atoms with van der Waals surface area (Å²) < 4.78 is 11.5. The molecular formula is C13H20N4O3S2. The molecule has 1 saturated heterocycles. The van der Waals surface area contributed by atoms with Gasteiger partial charge in [0.15, 0.2) is 10.6 Å². The number of thioether (sulfide) groups is 1.